The summed E-state index contributed by atoms with van der Waals surface area (Å²) in [7, 11) is 0. The number of fused-ring (bicyclic) bond motifs is 5. The van der Waals surface area contributed by atoms with Gasteiger partial charge in [-0.1, -0.05) is 6.07 Å². The van der Waals surface area contributed by atoms with Crippen molar-refractivity contribution >= 4 is 11.6 Å². The van der Waals surface area contributed by atoms with Crippen molar-refractivity contribution in [2.45, 2.75) is 24.6 Å². The SMILES string of the molecule is CC1COc2cc3c(cc2O1)C1(CO3)C(=O)Nc2cccc(Oc3ncccc3C(F)(F)F)c21. The Balaban J connectivity index is 1.50. The van der Waals surface area contributed by atoms with Gasteiger partial charge in [-0.3, -0.25) is 4.79 Å². The molecule has 2 unspecified atom stereocenters. The number of rotatable bonds is 2. The molecule has 0 radical (unpaired) electrons. The molecule has 1 amide bonds. The van der Waals surface area contributed by atoms with Gasteiger partial charge >= 0.3 is 6.18 Å². The van der Waals surface area contributed by atoms with Gasteiger partial charge in [-0.15, -0.1) is 0 Å². The molecule has 0 saturated heterocycles. The lowest BCUT2D eigenvalue weighted by Gasteiger charge is -2.26. The summed E-state index contributed by atoms with van der Waals surface area (Å²) in [6, 6.07) is 10.2. The smallest absolute Gasteiger partial charge is 0.421 e. The number of nitrogens with one attached hydrogen (secondary N) is 1. The van der Waals surface area contributed by atoms with E-state index in [0.717, 1.165) is 6.07 Å². The highest BCUT2D eigenvalue weighted by Crippen LogP contribution is 2.56. The van der Waals surface area contributed by atoms with Gasteiger partial charge in [0, 0.05) is 29.1 Å². The Hall–Kier alpha value is -3.95. The Labute approximate surface area is 191 Å². The second kappa shape index (κ2) is 7.02. The van der Waals surface area contributed by atoms with Gasteiger partial charge in [0.1, 0.15) is 41.8 Å². The van der Waals surface area contributed by atoms with Crippen LogP contribution in [0, 0.1) is 0 Å². The Morgan fingerprint density at radius 1 is 1.12 bits per heavy atom. The summed E-state index contributed by atoms with van der Waals surface area (Å²) in [6.45, 7) is 2.18. The van der Waals surface area contributed by atoms with Crippen molar-refractivity contribution in [3.63, 3.8) is 0 Å². The predicted molar refractivity (Wildman–Crippen MR) is 113 cm³/mol. The van der Waals surface area contributed by atoms with E-state index in [4.69, 9.17) is 18.9 Å². The lowest BCUT2D eigenvalue weighted by Crippen LogP contribution is -2.37. The van der Waals surface area contributed by atoms with Gasteiger partial charge in [0.15, 0.2) is 11.5 Å². The highest BCUT2D eigenvalue weighted by molar-refractivity contribution is 6.11. The zero-order valence-corrected chi connectivity index (χ0v) is 17.7. The maximum Gasteiger partial charge on any atom is 0.421 e. The van der Waals surface area contributed by atoms with Gasteiger partial charge in [0.25, 0.3) is 0 Å². The molecule has 0 saturated carbocycles. The molecule has 6 rings (SSSR count). The molecule has 10 heteroatoms. The molecule has 1 N–H and O–H groups in total. The van der Waals surface area contributed by atoms with Crippen molar-refractivity contribution in [1.29, 1.82) is 0 Å². The number of halogens is 3. The minimum Gasteiger partial charge on any atom is -0.491 e. The quantitative estimate of drug-likeness (QED) is 0.586. The van der Waals surface area contributed by atoms with E-state index < -0.39 is 23.0 Å². The lowest BCUT2D eigenvalue weighted by atomic mass is 9.76. The van der Waals surface area contributed by atoms with Gasteiger partial charge in [0.2, 0.25) is 11.8 Å². The molecule has 0 fully saturated rings. The number of carbonyl (C=O) groups is 1. The normalized spacial score (nSPS) is 22.1. The van der Waals surface area contributed by atoms with Gasteiger partial charge in [-0.25, -0.2) is 4.98 Å². The Morgan fingerprint density at radius 2 is 1.97 bits per heavy atom. The van der Waals surface area contributed by atoms with Crippen molar-refractivity contribution in [3.05, 3.63) is 65.4 Å². The fraction of sp³-hybridized carbons (Fsp3) is 0.250. The number of alkyl halides is 3. The summed E-state index contributed by atoms with van der Waals surface area (Å²) in [5.41, 5.74) is -1.04. The van der Waals surface area contributed by atoms with Crippen LogP contribution >= 0.6 is 0 Å². The zero-order valence-electron chi connectivity index (χ0n) is 17.7. The summed E-state index contributed by atoms with van der Waals surface area (Å²) in [4.78, 5) is 17.2. The van der Waals surface area contributed by atoms with E-state index >= 15 is 0 Å². The number of benzene rings is 2. The summed E-state index contributed by atoms with van der Waals surface area (Å²) in [6.07, 6.45) is -3.63. The summed E-state index contributed by atoms with van der Waals surface area (Å²) in [5.74, 6) is 0.488. The molecule has 4 heterocycles. The second-order valence-electron chi connectivity index (χ2n) is 8.32. The third-order valence-electron chi connectivity index (χ3n) is 6.12. The summed E-state index contributed by atoms with van der Waals surface area (Å²) in [5, 5.41) is 2.82. The summed E-state index contributed by atoms with van der Waals surface area (Å²) >= 11 is 0. The highest BCUT2D eigenvalue weighted by atomic mass is 19.4. The first kappa shape index (κ1) is 20.6. The van der Waals surface area contributed by atoms with Crippen LogP contribution in [0.3, 0.4) is 0 Å². The standard InChI is InChI=1S/C24H17F3N2O5/c1-12-10-31-18-9-17-14(8-19(18)33-12)23(11-32-17)20-15(29-22(23)30)5-2-6-16(20)34-21-13(24(25,26)27)4-3-7-28-21/h2-9,12H,10-11H2,1H3,(H,29,30). The second-order valence-corrected chi connectivity index (χ2v) is 8.32. The number of anilines is 1. The van der Waals surface area contributed by atoms with Crippen LogP contribution in [-0.4, -0.2) is 30.2 Å². The lowest BCUT2D eigenvalue weighted by molar-refractivity contribution is -0.139. The molecular formula is C24H17F3N2O5. The molecule has 174 valence electrons. The van der Waals surface area contributed by atoms with Gasteiger partial charge in [-0.05, 0) is 37.3 Å². The maximum absolute atomic E-state index is 13.5. The molecule has 3 aliphatic heterocycles. The van der Waals surface area contributed by atoms with Crippen molar-refractivity contribution in [2.75, 3.05) is 18.5 Å². The molecule has 0 bridgehead atoms. The van der Waals surface area contributed by atoms with E-state index in [2.05, 4.69) is 10.3 Å². The van der Waals surface area contributed by atoms with Crippen LogP contribution in [0.15, 0.2) is 48.7 Å². The van der Waals surface area contributed by atoms with Crippen molar-refractivity contribution < 1.29 is 36.9 Å². The summed E-state index contributed by atoms with van der Waals surface area (Å²) < 4.78 is 63.8. The number of nitrogens with zero attached hydrogens (tertiary/aromatic N) is 1. The molecule has 3 aliphatic rings. The van der Waals surface area contributed by atoms with Crippen LogP contribution in [0.5, 0.6) is 28.9 Å². The van der Waals surface area contributed by atoms with E-state index in [1.165, 1.54) is 18.3 Å². The number of amides is 1. The first-order valence-electron chi connectivity index (χ1n) is 10.5. The minimum absolute atomic E-state index is 0.0612. The molecule has 1 spiro atoms. The number of ether oxygens (including phenoxy) is 4. The fourth-order valence-corrected chi connectivity index (χ4v) is 4.61. The molecule has 3 aromatic rings. The van der Waals surface area contributed by atoms with Crippen LogP contribution in [-0.2, 0) is 16.4 Å². The molecule has 0 aliphatic carbocycles. The molecule has 1 aromatic heterocycles. The fourth-order valence-electron chi connectivity index (χ4n) is 4.61. The van der Waals surface area contributed by atoms with Crippen LogP contribution in [0.25, 0.3) is 0 Å². The van der Waals surface area contributed by atoms with Gasteiger partial charge in [0.05, 0.1) is 0 Å². The number of hydrogen-bond donors (Lipinski definition) is 1. The van der Waals surface area contributed by atoms with E-state index in [1.807, 2.05) is 6.92 Å². The third kappa shape index (κ3) is 2.91. The molecule has 2 atom stereocenters. The monoisotopic (exact) mass is 470 g/mol. The third-order valence-corrected chi connectivity index (χ3v) is 6.12. The van der Waals surface area contributed by atoms with Crippen molar-refractivity contribution in [3.8, 4) is 28.9 Å². The van der Waals surface area contributed by atoms with Crippen molar-refractivity contribution in [1.82, 2.24) is 4.98 Å². The minimum atomic E-state index is -4.66. The first-order valence-corrected chi connectivity index (χ1v) is 10.5. The van der Waals surface area contributed by atoms with Crippen LogP contribution < -0.4 is 24.3 Å². The number of pyridine rings is 1. The number of hydrogen-bond acceptors (Lipinski definition) is 6. The maximum atomic E-state index is 13.5. The Bertz CT molecular complexity index is 1340. The topological polar surface area (TPSA) is 78.9 Å². The van der Waals surface area contributed by atoms with E-state index in [0.29, 0.717) is 40.7 Å². The highest BCUT2D eigenvalue weighted by Gasteiger charge is 2.56. The molecule has 2 aromatic carbocycles. The number of aromatic nitrogens is 1. The van der Waals surface area contributed by atoms with Gasteiger partial charge in [-0.2, -0.15) is 13.2 Å². The van der Waals surface area contributed by atoms with Crippen LogP contribution in [0.2, 0.25) is 0 Å². The van der Waals surface area contributed by atoms with E-state index in [1.54, 1.807) is 24.3 Å². The average molecular weight is 470 g/mol. The Kier molecular flexibility index (Phi) is 4.26. The van der Waals surface area contributed by atoms with E-state index in [-0.39, 0.29) is 24.4 Å². The molecule has 7 nitrogen and oxygen atoms in total. The predicted octanol–water partition coefficient (Wildman–Crippen LogP) is 4.68. The first-order chi connectivity index (χ1) is 16.3. The van der Waals surface area contributed by atoms with Gasteiger partial charge < -0.3 is 24.3 Å². The Morgan fingerprint density at radius 3 is 2.79 bits per heavy atom. The van der Waals surface area contributed by atoms with Crippen LogP contribution in [0.1, 0.15) is 23.6 Å². The van der Waals surface area contributed by atoms with E-state index in [9.17, 15) is 18.0 Å². The number of carbonyl (C=O) groups excluding carboxylic acids is 1. The average Bonchev–Trinajstić information content (AvgIpc) is 3.30. The van der Waals surface area contributed by atoms with Crippen molar-refractivity contribution in [2.24, 2.45) is 0 Å². The largest absolute Gasteiger partial charge is 0.491 e. The van der Waals surface area contributed by atoms with Crippen LogP contribution in [0.4, 0.5) is 18.9 Å². The zero-order chi connectivity index (χ0) is 23.7. The molecule has 34 heavy (non-hydrogen) atoms. The molecular weight excluding hydrogens is 453 g/mol.